The standard InChI is InChI=1S/C14H16ClFN2O3/c15-9-3-1-4-10(16)12(9)18-13(21)17-8-14(5-2-6-14)7-11(19)20/h1,3-4H,2,5-8H2,(H,19,20)(H2,17,18,21). The van der Waals surface area contributed by atoms with Gasteiger partial charge in [0, 0.05) is 6.54 Å². The Morgan fingerprint density at radius 3 is 2.62 bits per heavy atom. The Kier molecular flexibility index (Phi) is 4.67. The zero-order valence-corrected chi connectivity index (χ0v) is 12.0. The molecule has 3 N–H and O–H groups in total. The number of amides is 2. The third-order valence-electron chi connectivity index (χ3n) is 3.77. The number of carbonyl (C=O) groups excluding carboxylic acids is 1. The van der Waals surface area contributed by atoms with E-state index in [1.54, 1.807) is 0 Å². The topological polar surface area (TPSA) is 78.4 Å². The van der Waals surface area contributed by atoms with Crippen LogP contribution in [0.25, 0.3) is 0 Å². The van der Waals surface area contributed by atoms with Crippen molar-refractivity contribution >= 4 is 29.3 Å². The van der Waals surface area contributed by atoms with Gasteiger partial charge in [0.1, 0.15) is 5.82 Å². The second-order valence-electron chi connectivity index (χ2n) is 5.33. The van der Waals surface area contributed by atoms with E-state index in [0.29, 0.717) is 0 Å². The summed E-state index contributed by atoms with van der Waals surface area (Å²) in [5, 5.41) is 13.9. The molecule has 0 aromatic heterocycles. The molecule has 0 radical (unpaired) electrons. The maximum Gasteiger partial charge on any atom is 0.319 e. The molecule has 1 aliphatic carbocycles. The number of rotatable bonds is 5. The molecule has 114 valence electrons. The third-order valence-corrected chi connectivity index (χ3v) is 4.08. The van der Waals surface area contributed by atoms with Gasteiger partial charge in [-0.15, -0.1) is 0 Å². The number of halogens is 2. The number of benzene rings is 1. The summed E-state index contributed by atoms with van der Waals surface area (Å²) in [6.07, 6.45) is 2.50. The monoisotopic (exact) mass is 314 g/mol. The van der Waals surface area contributed by atoms with Crippen LogP contribution < -0.4 is 10.6 Å². The minimum atomic E-state index is -0.881. The number of aliphatic carboxylic acids is 1. The Bertz CT molecular complexity index is 541. The van der Waals surface area contributed by atoms with Crippen LogP contribution in [-0.4, -0.2) is 23.7 Å². The highest BCUT2D eigenvalue weighted by atomic mass is 35.5. The molecule has 1 aromatic carbocycles. The summed E-state index contributed by atoms with van der Waals surface area (Å²) in [6, 6.07) is 3.51. The van der Waals surface area contributed by atoms with Crippen LogP contribution in [0.4, 0.5) is 14.9 Å². The van der Waals surface area contributed by atoms with Crippen molar-refractivity contribution in [1.82, 2.24) is 5.32 Å². The van der Waals surface area contributed by atoms with E-state index in [1.807, 2.05) is 0 Å². The lowest BCUT2D eigenvalue weighted by atomic mass is 9.66. The van der Waals surface area contributed by atoms with E-state index in [2.05, 4.69) is 10.6 Å². The number of para-hydroxylation sites is 1. The molecular weight excluding hydrogens is 299 g/mol. The predicted octanol–water partition coefficient (Wildman–Crippen LogP) is 3.25. The maximum atomic E-state index is 13.5. The molecule has 0 unspecified atom stereocenters. The number of carbonyl (C=O) groups is 2. The van der Waals surface area contributed by atoms with Gasteiger partial charge in [0.2, 0.25) is 0 Å². The van der Waals surface area contributed by atoms with Gasteiger partial charge >= 0.3 is 12.0 Å². The van der Waals surface area contributed by atoms with Crippen molar-refractivity contribution in [1.29, 1.82) is 0 Å². The van der Waals surface area contributed by atoms with Gasteiger partial charge in [-0.2, -0.15) is 0 Å². The Morgan fingerprint density at radius 2 is 2.10 bits per heavy atom. The van der Waals surface area contributed by atoms with Gasteiger partial charge < -0.3 is 15.7 Å². The molecular formula is C14H16ClFN2O3. The number of nitrogens with one attached hydrogen (secondary N) is 2. The molecule has 5 nitrogen and oxygen atoms in total. The first kappa shape index (κ1) is 15.6. The van der Waals surface area contributed by atoms with Gasteiger partial charge in [0.25, 0.3) is 0 Å². The van der Waals surface area contributed by atoms with E-state index in [0.717, 1.165) is 19.3 Å². The lowest BCUT2D eigenvalue weighted by Gasteiger charge is -2.40. The number of hydrogen-bond donors (Lipinski definition) is 3. The lowest BCUT2D eigenvalue weighted by molar-refractivity contribution is -0.141. The molecule has 0 atom stereocenters. The molecule has 0 saturated heterocycles. The quantitative estimate of drug-likeness (QED) is 0.780. The van der Waals surface area contributed by atoms with E-state index in [9.17, 15) is 14.0 Å². The van der Waals surface area contributed by atoms with Crippen molar-refractivity contribution in [3.05, 3.63) is 29.0 Å². The van der Waals surface area contributed by atoms with E-state index in [-0.39, 0.29) is 29.1 Å². The second-order valence-corrected chi connectivity index (χ2v) is 5.74. The van der Waals surface area contributed by atoms with Gasteiger partial charge in [-0.05, 0) is 30.4 Å². The summed E-state index contributed by atoms with van der Waals surface area (Å²) in [4.78, 5) is 22.6. The normalized spacial score (nSPS) is 15.9. The Hall–Kier alpha value is -1.82. The van der Waals surface area contributed by atoms with Gasteiger partial charge in [-0.3, -0.25) is 4.79 Å². The van der Waals surface area contributed by atoms with Crippen LogP contribution in [0.1, 0.15) is 25.7 Å². The zero-order chi connectivity index (χ0) is 15.5. The predicted molar refractivity (Wildman–Crippen MR) is 77.0 cm³/mol. The molecule has 1 aromatic rings. The molecule has 0 spiro atoms. The van der Waals surface area contributed by atoms with Crippen molar-refractivity contribution in [3.63, 3.8) is 0 Å². The van der Waals surface area contributed by atoms with E-state index < -0.39 is 17.8 Å². The SMILES string of the molecule is O=C(O)CC1(CNC(=O)Nc2c(F)cccc2Cl)CCC1. The minimum absolute atomic E-state index is 0.0216. The average Bonchev–Trinajstić information content (AvgIpc) is 2.36. The number of carboxylic acids is 1. The smallest absolute Gasteiger partial charge is 0.319 e. The van der Waals surface area contributed by atoms with Gasteiger partial charge in [0.15, 0.2) is 0 Å². The van der Waals surface area contributed by atoms with Gasteiger partial charge in [-0.25, -0.2) is 9.18 Å². The lowest BCUT2D eigenvalue weighted by Crippen LogP contribution is -2.44. The molecule has 0 aliphatic heterocycles. The van der Waals surface area contributed by atoms with Crippen molar-refractivity contribution < 1.29 is 19.1 Å². The van der Waals surface area contributed by atoms with Gasteiger partial charge in [0.05, 0.1) is 17.1 Å². The Labute approximate surface area is 126 Å². The average molecular weight is 315 g/mol. The molecule has 1 aliphatic rings. The first-order valence-corrected chi connectivity index (χ1v) is 7.00. The number of carboxylic acid groups (broad SMARTS) is 1. The first-order chi connectivity index (χ1) is 9.92. The van der Waals surface area contributed by atoms with Crippen LogP contribution in [0, 0.1) is 11.2 Å². The first-order valence-electron chi connectivity index (χ1n) is 6.63. The number of hydrogen-bond acceptors (Lipinski definition) is 2. The highest BCUT2D eigenvalue weighted by Gasteiger charge is 2.39. The van der Waals surface area contributed by atoms with Crippen LogP contribution in [0.15, 0.2) is 18.2 Å². The molecule has 7 heteroatoms. The molecule has 21 heavy (non-hydrogen) atoms. The summed E-state index contributed by atoms with van der Waals surface area (Å²) in [7, 11) is 0. The zero-order valence-electron chi connectivity index (χ0n) is 11.3. The summed E-state index contributed by atoms with van der Waals surface area (Å²) in [5.41, 5.74) is -0.472. The Morgan fingerprint density at radius 1 is 1.38 bits per heavy atom. The number of anilines is 1. The minimum Gasteiger partial charge on any atom is -0.481 e. The maximum absolute atomic E-state index is 13.5. The highest BCUT2D eigenvalue weighted by Crippen LogP contribution is 2.43. The molecule has 0 bridgehead atoms. The molecule has 1 saturated carbocycles. The third kappa shape index (κ3) is 3.85. The van der Waals surface area contributed by atoms with Crippen molar-refractivity contribution in [2.24, 2.45) is 5.41 Å². The summed E-state index contributed by atoms with van der Waals surface area (Å²) in [6.45, 7) is 0.247. The van der Waals surface area contributed by atoms with E-state index >= 15 is 0 Å². The Balaban J connectivity index is 1.92. The molecule has 0 heterocycles. The summed E-state index contributed by atoms with van der Waals surface area (Å²) >= 11 is 5.81. The second kappa shape index (κ2) is 6.30. The summed E-state index contributed by atoms with van der Waals surface area (Å²) < 4.78 is 13.5. The summed E-state index contributed by atoms with van der Waals surface area (Å²) in [5.74, 6) is -1.50. The van der Waals surface area contributed by atoms with Crippen molar-refractivity contribution in [2.45, 2.75) is 25.7 Å². The highest BCUT2D eigenvalue weighted by molar-refractivity contribution is 6.33. The van der Waals surface area contributed by atoms with Crippen LogP contribution in [0.2, 0.25) is 5.02 Å². The molecule has 2 amide bonds. The fourth-order valence-electron chi connectivity index (χ4n) is 2.46. The molecule has 1 fully saturated rings. The van der Waals surface area contributed by atoms with Crippen LogP contribution in [0.3, 0.4) is 0 Å². The van der Waals surface area contributed by atoms with Crippen LogP contribution >= 0.6 is 11.6 Å². The van der Waals surface area contributed by atoms with Gasteiger partial charge in [-0.1, -0.05) is 24.1 Å². The van der Waals surface area contributed by atoms with Crippen molar-refractivity contribution in [2.75, 3.05) is 11.9 Å². The fraction of sp³-hybridized carbons (Fsp3) is 0.429. The largest absolute Gasteiger partial charge is 0.481 e. The fourth-order valence-corrected chi connectivity index (χ4v) is 2.67. The molecule has 2 rings (SSSR count). The number of urea groups is 1. The van der Waals surface area contributed by atoms with Crippen LogP contribution in [0.5, 0.6) is 0 Å². The van der Waals surface area contributed by atoms with Crippen LogP contribution in [-0.2, 0) is 4.79 Å². The van der Waals surface area contributed by atoms with E-state index in [4.69, 9.17) is 16.7 Å². The van der Waals surface area contributed by atoms with Crippen molar-refractivity contribution in [3.8, 4) is 0 Å². The van der Waals surface area contributed by atoms with E-state index in [1.165, 1.54) is 18.2 Å².